The van der Waals surface area contributed by atoms with Crippen LogP contribution in [0, 0.1) is 0 Å². The Balaban J connectivity index is 1.45. The molecule has 0 saturated heterocycles. The van der Waals surface area contributed by atoms with Gasteiger partial charge in [0.25, 0.3) is 5.56 Å². The first kappa shape index (κ1) is 15.3. The Morgan fingerprint density at radius 1 is 1.16 bits per heavy atom. The summed E-state index contributed by atoms with van der Waals surface area (Å²) in [4.78, 5) is 24.7. The predicted molar refractivity (Wildman–Crippen MR) is 91.6 cm³/mol. The predicted octanol–water partition coefficient (Wildman–Crippen LogP) is 1.39. The van der Waals surface area contributed by atoms with Crippen molar-refractivity contribution < 1.29 is 14.3 Å². The van der Waals surface area contributed by atoms with Gasteiger partial charge in [-0.25, -0.2) is 0 Å². The van der Waals surface area contributed by atoms with Gasteiger partial charge in [-0.1, -0.05) is 6.07 Å². The fourth-order valence-corrected chi connectivity index (χ4v) is 2.92. The number of nitrogens with one attached hydrogen (secondary N) is 1. The van der Waals surface area contributed by atoms with Crippen molar-refractivity contribution in [2.75, 3.05) is 6.79 Å². The minimum absolute atomic E-state index is 0.0233. The Labute approximate surface area is 143 Å². The monoisotopic (exact) mass is 339 g/mol. The van der Waals surface area contributed by atoms with Crippen LogP contribution in [0.4, 0.5) is 0 Å². The van der Waals surface area contributed by atoms with Gasteiger partial charge in [-0.3, -0.25) is 9.59 Å². The number of amides is 1. The van der Waals surface area contributed by atoms with Crippen molar-refractivity contribution in [3.63, 3.8) is 0 Å². The van der Waals surface area contributed by atoms with E-state index in [2.05, 4.69) is 5.32 Å². The topological polar surface area (TPSA) is 74.5 Å². The van der Waals surface area contributed by atoms with Crippen LogP contribution in [0.5, 0.6) is 11.5 Å². The molecule has 1 aliphatic heterocycles. The molecule has 7 heteroatoms. The first-order valence-corrected chi connectivity index (χ1v) is 7.91. The zero-order chi connectivity index (χ0) is 17.4. The van der Waals surface area contributed by atoms with Crippen molar-refractivity contribution >= 4 is 16.8 Å². The van der Waals surface area contributed by atoms with E-state index in [4.69, 9.17) is 9.47 Å². The van der Waals surface area contributed by atoms with E-state index in [1.54, 1.807) is 10.8 Å². The molecule has 128 valence electrons. The van der Waals surface area contributed by atoms with E-state index in [0.29, 0.717) is 23.6 Å². The fourth-order valence-electron chi connectivity index (χ4n) is 2.92. The number of hydrogen-bond acceptors (Lipinski definition) is 4. The minimum Gasteiger partial charge on any atom is -0.454 e. The maximum atomic E-state index is 12.5. The van der Waals surface area contributed by atoms with Crippen LogP contribution >= 0.6 is 0 Å². The standard InChI is InChI=1S/C18H17N3O4/c1-20-6-4-13-5-7-21(18(23)17(13)20)10-16(22)19-9-12-2-3-14-15(8-12)25-11-24-14/h2-8H,9-11H2,1H3,(H,19,22). The molecule has 0 unspecified atom stereocenters. The Hall–Kier alpha value is -3.22. The number of aromatic nitrogens is 2. The second-order valence-electron chi connectivity index (χ2n) is 5.94. The third-order valence-corrected chi connectivity index (χ3v) is 4.24. The van der Waals surface area contributed by atoms with E-state index >= 15 is 0 Å². The molecular weight excluding hydrogens is 322 g/mol. The Bertz CT molecular complexity index is 1020. The molecule has 7 nitrogen and oxygen atoms in total. The molecule has 1 amide bonds. The van der Waals surface area contributed by atoms with Crippen LogP contribution in [0.1, 0.15) is 5.56 Å². The summed E-state index contributed by atoms with van der Waals surface area (Å²) in [6.45, 7) is 0.552. The normalized spacial score (nSPS) is 12.5. The summed E-state index contributed by atoms with van der Waals surface area (Å²) in [5, 5.41) is 3.69. The molecule has 0 fully saturated rings. The Morgan fingerprint density at radius 2 is 1.96 bits per heavy atom. The van der Waals surface area contributed by atoms with E-state index in [0.717, 1.165) is 10.9 Å². The summed E-state index contributed by atoms with van der Waals surface area (Å²) < 4.78 is 13.8. The van der Waals surface area contributed by atoms with Crippen molar-refractivity contribution in [1.82, 2.24) is 14.5 Å². The highest BCUT2D eigenvalue weighted by Crippen LogP contribution is 2.32. The lowest BCUT2D eigenvalue weighted by atomic mass is 10.2. The molecule has 1 aliphatic rings. The van der Waals surface area contributed by atoms with Crippen LogP contribution in [0.25, 0.3) is 10.9 Å². The van der Waals surface area contributed by atoms with Gasteiger partial charge in [0.15, 0.2) is 11.5 Å². The summed E-state index contributed by atoms with van der Waals surface area (Å²) in [7, 11) is 1.81. The summed E-state index contributed by atoms with van der Waals surface area (Å²) >= 11 is 0. The van der Waals surface area contributed by atoms with Gasteiger partial charge in [-0.15, -0.1) is 0 Å². The third kappa shape index (κ3) is 2.84. The molecule has 3 heterocycles. The van der Waals surface area contributed by atoms with Crippen LogP contribution in [-0.4, -0.2) is 21.8 Å². The van der Waals surface area contributed by atoms with E-state index in [-0.39, 0.29) is 24.8 Å². The second-order valence-corrected chi connectivity index (χ2v) is 5.94. The summed E-state index contributed by atoms with van der Waals surface area (Å²) in [5.74, 6) is 1.16. The van der Waals surface area contributed by atoms with Gasteiger partial charge in [0.2, 0.25) is 12.7 Å². The van der Waals surface area contributed by atoms with Crippen LogP contribution in [-0.2, 0) is 24.9 Å². The molecule has 0 atom stereocenters. The fraction of sp³-hybridized carbons (Fsp3) is 0.222. The van der Waals surface area contributed by atoms with Crippen LogP contribution in [0.3, 0.4) is 0 Å². The number of hydrogen-bond donors (Lipinski definition) is 1. The van der Waals surface area contributed by atoms with Gasteiger partial charge in [-0.2, -0.15) is 0 Å². The zero-order valence-electron chi connectivity index (χ0n) is 13.7. The average Bonchev–Trinajstić information content (AvgIpc) is 3.22. The van der Waals surface area contributed by atoms with Crippen LogP contribution < -0.4 is 20.3 Å². The number of rotatable bonds is 4. The zero-order valence-corrected chi connectivity index (χ0v) is 13.7. The summed E-state index contributed by atoms with van der Waals surface area (Å²) in [6, 6.07) is 9.24. The molecule has 1 N–H and O–H groups in total. The van der Waals surface area contributed by atoms with Crippen molar-refractivity contribution in [3.8, 4) is 11.5 Å². The Kier molecular flexibility index (Phi) is 3.68. The minimum atomic E-state index is -0.228. The molecule has 0 radical (unpaired) electrons. The van der Waals surface area contributed by atoms with Gasteiger partial charge >= 0.3 is 0 Å². The number of carbonyl (C=O) groups excluding carboxylic acids is 1. The molecule has 4 rings (SSSR count). The van der Waals surface area contributed by atoms with Crippen LogP contribution in [0.2, 0.25) is 0 Å². The third-order valence-electron chi connectivity index (χ3n) is 4.24. The van der Waals surface area contributed by atoms with E-state index in [9.17, 15) is 9.59 Å². The smallest absolute Gasteiger partial charge is 0.275 e. The molecule has 0 saturated carbocycles. The number of carbonyl (C=O) groups is 1. The molecular formula is C18H17N3O4. The SMILES string of the molecule is Cn1ccc2ccn(CC(=O)NCc3ccc4c(c3)OCO4)c(=O)c21. The van der Waals surface area contributed by atoms with Crippen molar-refractivity contribution in [1.29, 1.82) is 0 Å². The number of ether oxygens (including phenoxy) is 2. The quantitative estimate of drug-likeness (QED) is 0.779. The summed E-state index contributed by atoms with van der Waals surface area (Å²) in [5.41, 5.74) is 1.32. The highest BCUT2D eigenvalue weighted by Gasteiger charge is 2.14. The summed E-state index contributed by atoms with van der Waals surface area (Å²) in [6.07, 6.45) is 3.47. The first-order valence-electron chi connectivity index (χ1n) is 7.91. The van der Waals surface area contributed by atoms with E-state index in [1.165, 1.54) is 4.57 Å². The molecule has 0 aliphatic carbocycles. The molecule has 2 aromatic heterocycles. The van der Waals surface area contributed by atoms with E-state index < -0.39 is 0 Å². The largest absolute Gasteiger partial charge is 0.454 e. The number of benzene rings is 1. The molecule has 1 aromatic carbocycles. The average molecular weight is 339 g/mol. The lowest BCUT2D eigenvalue weighted by Crippen LogP contribution is -2.32. The molecule has 25 heavy (non-hydrogen) atoms. The number of nitrogens with zero attached hydrogens (tertiary/aromatic N) is 2. The van der Waals surface area contributed by atoms with Crippen molar-refractivity contribution in [3.05, 3.63) is 58.6 Å². The lowest BCUT2D eigenvalue weighted by molar-refractivity contribution is -0.121. The van der Waals surface area contributed by atoms with Gasteiger partial charge in [0.1, 0.15) is 12.1 Å². The van der Waals surface area contributed by atoms with Crippen molar-refractivity contribution in [2.45, 2.75) is 13.1 Å². The number of fused-ring (bicyclic) bond motifs is 2. The number of pyridine rings is 1. The van der Waals surface area contributed by atoms with Gasteiger partial charge in [-0.05, 0) is 29.8 Å². The maximum absolute atomic E-state index is 12.5. The van der Waals surface area contributed by atoms with Gasteiger partial charge in [0.05, 0.1) is 0 Å². The van der Waals surface area contributed by atoms with E-state index in [1.807, 2.05) is 43.6 Å². The lowest BCUT2D eigenvalue weighted by Gasteiger charge is -2.09. The first-order chi connectivity index (χ1) is 12.1. The van der Waals surface area contributed by atoms with Crippen LogP contribution in [0.15, 0.2) is 47.5 Å². The highest BCUT2D eigenvalue weighted by molar-refractivity contribution is 5.80. The second kappa shape index (κ2) is 6.01. The molecule has 3 aromatic rings. The Morgan fingerprint density at radius 3 is 2.84 bits per heavy atom. The van der Waals surface area contributed by atoms with Gasteiger partial charge in [0, 0.05) is 31.4 Å². The maximum Gasteiger partial charge on any atom is 0.275 e. The highest BCUT2D eigenvalue weighted by atomic mass is 16.7. The van der Waals surface area contributed by atoms with Gasteiger partial charge < -0.3 is 23.9 Å². The molecule has 0 spiro atoms. The van der Waals surface area contributed by atoms with Crippen molar-refractivity contribution in [2.24, 2.45) is 7.05 Å². The molecule has 0 bridgehead atoms. The number of aryl methyl sites for hydroxylation is 1.